The molecule has 1 aromatic carbocycles. The molecule has 0 fully saturated rings. The molecule has 0 atom stereocenters. The number of methoxy groups -OCH3 is 3. The van der Waals surface area contributed by atoms with E-state index in [9.17, 15) is 4.79 Å². The van der Waals surface area contributed by atoms with Crippen LogP contribution in [0, 0.1) is 5.92 Å². The Kier molecular flexibility index (Phi) is 14.6. The maximum absolute atomic E-state index is 11.7. The molecule has 190 valence electrons. The van der Waals surface area contributed by atoms with Gasteiger partial charge in [-0.2, -0.15) is 0 Å². The molecule has 10 heteroatoms. The second kappa shape index (κ2) is 15.3. The fraction of sp³-hybridized carbons (Fsp3) is 0.609. The van der Waals surface area contributed by atoms with Crippen LogP contribution in [0.3, 0.4) is 0 Å². The normalized spacial score (nSPS) is 11.8. The van der Waals surface area contributed by atoms with E-state index in [0.29, 0.717) is 35.3 Å². The van der Waals surface area contributed by atoms with Crippen LogP contribution in [0.5, 0.6) is 17.2 Å². The number of benzene rings is 1. The Morgan fingerprint density at radius 2 is 1.45 bits per heavy atom. The first-order chi connectivity index (χ1) is 15.2. The van der Waals surface area contributed by atoms with Gasteiger partial charge >= 0.3 is 5.97 Å². The lowest BCUT2D eigenvalue weighted by Crippen LogP contribution is -2.34. The summed E-state index contributed by atoms with van der Waals surface area (Å²) in [5.74, 6) is 1.68. The Morgan fingerprint density at radius 3 is 1.88 bits per heavy atom. The molecule has 0 spiro atoms. The molecule has 0 saturated heterocycles. The molecule has 0 aliphatic carbocycles. The zero-order chi connectivity index (χ0) is 25.7. The smallest absolute Gasteiger partial charge is 0.330 e. The molecule has 0 heterocycles. The van der Waals surface area contributed by atoms with Crippen LogP contribution in [-0.4, -0.2) is 60.5 Å². The summed E-state index contributed by atoms with van der Waals surface area (Å²) in [4.78, 5) is 11.7. The van der Waals surface area contributed by atoms with Crippen LogP contribution in [0.1, 0.15) is 25.8 Å². The standard InChI is InChI=1S/C17H24O5.C6H20O2Si3/c1-12(2)10-11-22-15(18)9-7-13-6-8-14(19-3)17(21-5)16(13)20-4;1-10(2,3)7-9-8-11(4,5)6/h6-9,12H,10-11H2,1-5H3;9H2,1-6H3. The van der Waals surface area contributed by atoms with Crippen molar-refractivity contribution in [3.05, 3.63) is 23.8 Å². The predicted octanol–water partition coefficient (Wildman–Crippen LogP) is 5.00. The zero-order valence-electron chi connectivity index (χ0n) is 22.4. The summed E-state index contributed by atoms with van der Waals surface area (Å²) in [6.07, 6.45) is 3.86. The minimum Gasteiger partial charge on any atom is -0.493 e. The molecule has 33 heavy (non-hydrogen) atoms. The largest absolute Gasteiger partial charge is 0.493 e. The van der Waals surface area contributed by atoms with E-state index < -0.39 is 26.6 Å². The van der Waals surface area contributed by atoms with Gasteiger partial charge in [-0.25, -0.2) is 4.79 Å². The van der Waals surface area contributed by atoms with E-state index in [4.69, 9.17) is 27.2 Å². The number of carbonyl (C=O) groups excluding carboxylic acids is 1. The minimum atomic E-state index is -1.30. The van der Waals surface area contributed by atoms with Crippen LogP contribution >= 0.6 is 0 Å². The highest BCUT2D eigenvalue weighted by Crippen LogP contribution is 2.40. The maximum atomic E-state index is 11.7. The van der Waals surface area contributed by atoms with Gasteiger partial charge in [0.05, 0.1) is 27.9 Å². The Hall–Kier alpha value is -1.60. The van der Waals surface area contributed by atoms with E-state index in [0.717, 1.165) is 6.42 Å². The number of ether oxygens (including phenoxy) is 4. The summed E-state index contributed by atoms with van der Waals surface area (Å²) in [5, 5.41) is 0. The molecular weight excluding hydrogens is 473 g/mol. The van der Waals surface area contributed by atoms with E-state index >= 15 is 0 Å². The highest BCUT2D eigenvalue weighted by atomic mass is 28.4. The molecule has 7 nitrogen and oxygen atoms in total. The SMILES string of the molecule is COc1ccc(C=CC(=O)OCCC(C)C)c(OC)c1OC.C[Si](C)(C)O[SiH2]O[Si](C)(C)C. The van der Waals surface area contributed by atoms with Crippen molar-refractivity contribution in [3.8, 4) is 17.2 Å². The van der Waals surface area contributed by atoms with Gasteiger partial charge in [0.15, 0.2) is 28.1 Å². The summed E-state index contributed by atoms with van der Waals surface area (Å²) < 4.78 is 32.4. The summed E-state index contributed by atoms with van der Waals surface area (Å²) >= 11 is 0. The Morgan fingerprint density at radius 1 is 0.909 bits per heavy atom. The van der Waals surface area contributed by atoms with Crippen molar-refractivity contribution in [2.24, 2.45) is 5.92 Å². The number of rotatable bonds is 12. The van der Waals surface area contributed by atoms with E-state index in [1.54, 1.807) is 25.3 Å². The molecular formula is C23H44O7Si3. The van der Waals surface area contributed by atoms with Crippen LogP contribution in [-0.2, 0) is 17.8 Å². The van der Waals surface area contributed by atoms with Gasteiger partial charge in [0.1, 0.15) is 0 Å². The molecule has 0 N–H and O–H groups in total. The third-order valence-electron chi connectivity index (χ3n) is 4.06. The van der Waals surface area contributed by atoms with E-state index in [-0.39, 0.29) is 5.97 Å². The number of esters is 1. The Labute approximate surface area is 205 Å². The van der Waals surface area contributed by atoms with Crippen LogP contribution in [0.25, 0.3) is 6.08 Å². The lowest BCUT2D eigenvalue weighted by atomic mass is 10.1. The van der Waals surface area contributed by atoms with Gasteiger partial charge in [-0.05, 0) is 69.8 Å². The number of hydrogen-bond acceptors (Lipinski definition) is 7. The van der Waals surface area contributed by atoms with Gasteiger partial charge in [0.2, 0.25) is 5.75 Å². The molecule has 0 aliphatic heterocycles. The number of carbonyl (C=O) groups is 1. The highest BCUT2D eigenvalue weighted by Gasteiger charge is 2.18. The lowest BCUT2D eigenvalue weighted by molar-refractivity contribution is -0.137. The van der Waals surface area contributed by atoms with E-state index in [2.05, 4.69) is 53.1 Å². The third-order valence-corrected chi connectivity index (χ3v) is 11.9. The van der Waals surface area contributed by atoms with Gasteiger partial charge in [-0.15, -0.1) is 0 Å². The van der Waals surface area contributed by atoms with Crippen LogP contribution < -0.4 is 14.2 Å². The summed E-state index contributed by atoms with van der Waals surface area (Å²) in [6.45, 7) is 17.8. The fourth-order valence-corrected chi connectivity index (χ4v) is 5.83. The molecule has 0 amide bonds. The van der Waals surface area contributed by atoms with Gasteiger partial charge in [-0.3, -0.25) is 0 Å². The second-order valence-corrected chi connectivity index (χ2v) is 20.7. The number of hydrogen-bond donors (Lipinski definition) is 0. The summed E-state index contributed by atoms with van der Waals surface area (Å²) in [6, 6.07) is 3.54. The second-order valence-electron chi connectivity index (χ2n) is 9.74. The summed E-state index contributed by atoms with van der Waals surface area (Å²) in [7, 11) is 1.36. The van der Waals surface area contributed by atoms with Crippen molar-refractivity contribution in [2.45, 2.75) is 59.6 Å². The average molecular weight is 517 g/mol. The zero-order valence-corrected chi connectivity index (χ0v) is 25.8. The molecule has 1 rings (SSSR count). The first-order valence-corrected chi connectivity index (χ1v) is 19.1. The van der Waals surface area contributed by atoms with Crippen molar-refractivity contribution in [1.29, 1.82) is 0 Å². The first kappa shape index (κ1) is 31.4. The average Bonchev–Trinajstić information content (AvgIpc) is 2.69. The van der Waals surface area contributed by atoms with Crippen LogP contribution in [0.15, 0.2) is 18.2 Å². The molecule has 0 saturated carbocycles. The quantitative estimate of drug-likeness (QED) is 0.220. The third kappa shape index (κ3) is 15.0. The Balaban J connectivity index is 0.000000785. The van der Waals surface area contributed by atoms with Gasteiger partial charge in [-0.1, -0.05) is 13.8 Å². The van der Waals surface area contributed by atoms with Gasteiger partial charge in [0, 0.05) is 11.6 Å². The van der Waals surface area contributed by atoms with Crippen LogP contribution in [0.2, 0.25) is 39.3 Å². The molecule has 0 radical (unpaired) electrons. The first-order valence-electron chi connectivity index (χ1n) is 11.2. The monoisotopic (exact) mass is 516 g/mol. The predicted molar refractivity (Wildman–Crippen MR) is 143 cm³/mol. The van der Waals surface area contributed by atoms with Gasteiger partial charge < -0.3 is 27.2 Å². The lowest BCUT2D eigenvalue weighted by Gasteiger charge is -2.22. The van der Waals surface area contributed by atoms with E-state index in [1.807, 2.05) is 0 Å². The highest BCUT2D eigenvalue weighted by molar-refractivity contribution is 6.77. The molecule has 1 aromatic rings. The molecule has 0 aromatic heterocycles. The Bertz CT molecular complexity index is 725. The minimum absolute atomic E-state index is 0.377. The maximum Gasteiger partial charge on any atom is 0.330 e. The molecule has 0 aliphatic rings. The van der Waals surface area contributed by atoms with Crippen molar-refractivity contribution < 1.29 is 32.0 Å². The van der Waals surface area contributed by atoms with Gasteiger partial charge in [0.25, 0.3) is 10.0 Å². The van der Waals surface area contributed by atoms with Crippen molar-refractivity contribution in [3.63, 3.8) is 0 Å². The molecule has 0 bridgehead atoms. The summed E-state index contributed by atoms with van der Waals surface area (Å²) in [5.41, 5.74) is 0.709. The van der Waals surface area contributed by atoms with E-state index in [1.165, 1.54) is 20.3 Å². The van der Waals surface area contributed by atoms with Crippen molar-refractivity contribution in [1.82, 2.24) is 0 Å². The van der Waals surface area contributed by atoms with Crippen molar-refractivity contribution in [2.75, 3.05) is 27.9 Å². The van der Waals surface area contributed by atoms with Crippen LogP contribution in [0.4, 0.5) is 0 Å². The topological polar surface area (TPSA) is 72.5 Å². The molecule has 0 unspecified atom stereocenters. The fourth-order valence-electron chi connectivity index (χ4n) is 2.24. The van der Waals surface area contributed by atoms with Crippen molar-refractivity contribution >= 4 is 38.7 Å².